The van der Waals surface area contributed by atoms with E-state index < -0.39 is 5.54 Å². The molecule has 4 aliphatic rings. The monoisotopic (exact) mass is 554 g/mol. The molecule has 1 saturated carbocycles. The second-order valence-corrected chi connectivity index (χ2v) is 12.7. The number of nitrogens with one attached hydrogen (secondary N) is 1. The molecule has 2 amide bonds. The molecule has 1 N–H and O–H groups in total. The van der Waals surface area contributed by atoms with E-state index in [1.54, 1.807) is 4.90 Å². The fraction of sp³-hybridized carbons (Fsp3) is 0.393. The summed E-state index contributed by atoms with van der Waals surface area (Å²) in [5.41, 5.74) is 2.20. The smallest absolute Gasteiger partial charge is 0.263 e. The lowest BCUT2D eigenvalue weighted by Gasteiger charge is -2.37. The van der Waals surface area contributed by atoms with Crippen molar-refractivity contribution in [2.75, 3.05) is 13.1 Å². The zero-order valence-electron chi connectivity index (χ0n) is 20.9. The number of thioether (sulfide) groups is 1. The van der Waals surface area contributed by atoms with Crippen molar-refractivity contribution >= 4 is 51.9 Å². The molecule has 2 aromatic rings. The molecule has 0 bridgehead atoms. The van der Waals surface area contributed by atoms with Gasteiger partial charge in [0.2, 0.25) is 5.91 Å². The van der Waals surface area contributed by atoms with Gasteiger partial charge in [-0.25, -0.2) is 4.99 Å². The van der Waals surface area contributed by atoms with Gasteiger partial charge in [-0.15, -0.1) is 0 Å². The molecule has 9 heteroatoms. The number of aliphatic imine (C=N–C) groups is 1. The SMILES string of the molecule is CC(C)C1=C(C(=O)N2CC(=O)NC3(CC3)C2)SC2=N[C@@](C)(c3ccc(Cl)cc3)[C@@H](c3ccc(Cl)cc3)N21. The number of piperazine rings is 1. The van der Waals surface area contributed by atoms with Gasteiger partial charge in [0.15, 0.2) is 5.17 Å². The fourth-order valence-corrected chi connectivity index (χ4v) is 7.38. The molecule has 1 saturated heterocycles. The van der Waals surface area contributed by atoms with Gasteiger partial charge in [0.05, 0.1) is 18.1 Å². The van der Waals surface area contributed by atoms with Crippen LogP contribution in [0.1, 0.15) is 50.8 Å². The summed E-state index contributed by atoms with van der Waals surface area (Å²) in [6.45, 7) is 6.99. The summed E-state index contributed by atoms with van der Waals surface area (Å²) in [5, 5.41) is 5.21. The lowest BCUT2D eigenvalue weighted by Crippen LogP contribution is -2.57. The standard InChI is InChI=1S/C28H28Cl2N4O2S/c1-16(2)22-23(25(36)33-14-21(35)31-28(15-33)12-13-28)37-26-32-27(3,18-6-10-20(30)11-7-18)24(34(22)26)17-4-8-19(29)9-5-17/h4-11,16,24H,12-15H2,1-3H3,(H,31,35)/t24-,27+/m1/s1. The maximum absolute atomic E-state index is 13.9. The van der Waals surface area contributed by atoms with Crippen LogP contribution < -0.4 is 5.32 Å². The number of benzene rings is 2. The predicted molar refractivity (Wildman–Crippen MR) is 148 cm³/mol. The van der Waals surface area contributed by atoms with Gasteiger partial charge in [-0.3, -0.25) is 9.59 Å². The van der Waals surface area contributed by atoms with E-state index >= 15 is 0 Å². The maximum atomic E-state index is 13.9. The number of hydrogen-bond donors (Lipinski definition) is 1. The number of amidine groups is 1. The van der Waals surface area contributed by atoms with Gasteiger partial charge in [-0.2, -0.15) is 0 Å². The first kappa shape index (κ1) is 24.8. The Hall–Kier alpha value is -2.48. The van der Waals surface area contributed by atoms with Crippen LogP contribution in [0, 0.1) is 5.92 Å². The van der Waals surface area contributed by atoms with Crippen molar-refractivity contribution in [1.29, 1.82) is 0 Å². The van der Waals surface area contributed by atoms with Gasteiger partial charge in [0.25, 0.3) is 5.91 Å². The van der Waals surface area contributed by atoms with Gasteiger partial charge in [-0.05, 0) is 72.8 Å². The molecule has 0 unspecified atom stereocenters. The van der Waals surface area contributed by atoms with E-state index in [0.29, 0.717) is 21.5 Å². The van der Waals surface area contributed by atoms with Gasteiger partial charge < -0.3 is 15.1 Å². The number of carbonyl (C=O) groups is 2. The highest BCUT2D eigenvalue weighted by atomic mass is 35.5. The van der Waals surface area contributed by atoms with E-state index in [9.17, 15) is 9.59 Å². The predicted octanol–water partition coefficient (Wildman–Crippen LogP) is 5.73. The first-order valence-corrected chi connectivity index (χ1v) is 14.1. The lowest BCUT2D eigenvalue weighted by molar-refractivity contribution is -0.137. The highest BCUT2D eigenvalue weighted by Gasteiger charge is 2.55. The van der Waals surface area contributed by atoms with Crippen LogP contribution in [0.25, 0.3) is 0 Å². The molecular formula is C28H28Cl2N4O2S. The Morgan fingerprint density at radius 2 is 1.70 bits per heavy atom. The minimum absolute atomic E-state index is 0.0648. The molecule has 37 heavy (non-hydrogen) atoms. The molecule has 6 rings (SSSR count). The number of carbonyl (C=O) groups excluding carboxylic acids is 2. The molecule has 2 atom stereocenters. The second-order valence-electron chi connectivity index (χ2n) is 10.8. The van der Waals surface area contributed by atoms with Crippen LogP contribution in [0.5, 0.6) is 0 Å². The Kier molecular flexibility index (Phi) is 5.90. The number of rotatable bonds is 4. The van der Waals surface area contributed by atoms with E-state index in [4.69, 9.17) is 28.2 Å². The van der Waals surface area contributed by atoms with Crippen LogP contribution in [-0.2, 0) is 15.1 Å². The zero-order valence-corrected chi connectivity index (χ0v) is 23.3. The summed E-state index contributed by atoms with van der Waals surface area (Å²) >= 11 is 13.9. The average molecular weight is 556 g/mol. The molecule has 3 heterocycles. The van der Waals surface area contributed by atoms with Crippen molar-refractivity contribution < 1.29 is 9.59 Å². The quantitative estimate of drug-likeness (QED) is 0.524. The highest BCUT2D eigenvalue weighted by Crippen LogP contribution is 2.56. The summed E-state index contributed by atoms with van der Waals surface area (Å²) in [6, 6.07) is 15.5. The van der Waals surface area contributed by atoms with Crippen LogP contribution in [0.2, 0.25) is 10.0 Å². The molecule has 1 spiro atoms. The lowest BCUT2D eigenvalue weighted by atomic mass is 9.81. The molecular weight excluding hydrogens is 527 g/mol. The van der Waals surface area contributed by atoms with Crippen LogP contribution in [0.15, 0.2) is 64.1 Å². The van der Waals surface area contributed by atoms with Crippen molar-refractivity contribution in [3.8, 4) is 0 Å². The number of nitrogens with zero attached hydrogens (tertiary/aromatic N) is 3. The molecule has 2 fully saturated rings. The number of amides is 2. The third-order valence-electron chi connectivity index (χ3n) is 7.74. The number of hydrogen-bond acceptors (Lipinski definition) is 5. The third kappa shape index (κ3) is 4.16. The summed E-state index contributed by atoms with van der Waals surface area (Å²) in [7, 11) is 0. The van der Waals surface area contributed by atoms with E-state index in [2.05, 4.69) is 31.0 Å². The Morgan fingerprint density at radius 3 is 2.30 bits per heavy atom. The normalized spacial score (nSPS) is 26.1. The molecule has 0 radical (unpaired) electrons. The van der Waals surface area contributed by atoms with Crippen molar-refractivity contribution in [1.82, 2.24) is 15.1 Å². The van der Waals surface area contributed by atoms with Crippen LogP contribution in [0.3, 0.4) is 0 Å². The van der Waals surface area contributed by atoms with E-state index in [0.717, 1.165) is 34.8 Å². The molecule has 0 aromatic heterocycles. The van der Waals surface area contributed by atoms with Crippen molar-refractivity contribution in [2.24, 2.45) is 10.9 Å². The van der Waals surface area contributed by atoms with Crippen LogP contribution >= 0.6 is 35.0 Å². The van der Waals surface area contributed by atoms with Crippen LogP contribution in [-0.4, -0.2) is 45.4 Å². The van der Waals surface area contributed by atoms with Crippen molar-refractivity contribution in [2.45, 2.75) is 50.7 Å². The minimum Gasteiger partial charge on any atom is -0.347 e. The first-order valence-electron chi connectivity index (χ1n) is 12.5. The fourth-order valence-electron chi connectivity index (χ4n) is 5.76. The summed E-state index contributed by atoms with van der Waals surface area (Å²) < 4.78 is 0. The van der Waals surface area contributed by atoms with Crippen molar-refractivity contribution in [3.63, 3.8) is 0 Å². The third-order valence-corrected chi connectivity index (χ3v) is 9.30. The Balaban J connectivity index is 1.44. The Labute approximate surface area is 231 Å². The minimum atomic E-state index is -0.613. The van der Waals surface area contributed by atoms with Gasteiger partial charge in [-0.1, -0.05) is 61.3 Å². The van der Waals surface area contributed by atoms with E-state index in [-0.39, 0.29) is 35.9 Å². The molecule has 6 nitrogen and oxygen atoms in total. The Morgan fingerprint density at radius 1 is 1.08 bits per heavy atom. The maximum Gasteiger partial charge on any atom is 0.263 e. The van der Waals surface area contributed by atoms with Crippen molar-refractivity contribution in [3.05, 3.63) is 80.3 Å². The molecule has 3 aliphatic heterocycles. The van der Waals surface area contributed by atoms with E-state index in [1.165, 1.54) is 11.8 Å². The average Bonchev–Trinajstić information content (AvgIpc) is 3.37. The zero-order chi connectivity index (χ0) is 26.1. The molecule has 192 valence electrons. The van der Waals surface area contributed by atoms with E-state index in [1.807, 2.05) is 48.5 Å². The second kappa shape index (κ2) is 8.79. The molecule has 1 aliphatic carbocycles. The molecule has 2 aromatic carbocycles. The first-order chi connectivity index (χ1) is 17.6. The topological polar surface area (TPSA) is 65.0 Å². The number of allylic oxidation sites excluding steroid dienone is 1. The summed E-state index contributed by atoms with van der Waals surface area (Å²) in [6.07, 6.45) is 1.84. The van der Waals surface area contributed by atoms with Gasteiger partial charge in [0.1, 0.15) is 10.4 Å². The number of fused-ring (bicyclic) bond motifs is 1. The van der Waals surface area contributed by atoms with Crippen LogP contribution in [0.4, 0.5) is 0 Å². The highest BCUT2D eigenvalue weighted by molar-refractivity contribution is 8.18. The Bertz CT molecular complexity index is 1350. The summed E-state index contributed by atoms with van der Waals surface area (Å²) in [4.78, 5) is 36.2. The summed E-state index contributed by atoms with van der Waals surface area (Å²) in [5.74, 6) is -0.107. The number of halogens is 2. The largest absolute Gasteiger partial charge is 0.347 e. The van der Waals surface area contributed by atoms with Gasteiger partial charge >= 0.3 is 0 Å². The van der Waals surface area contributed by atoms with Gasteiger partial charge in [0, 0.05) is 22.3 Å².